The molecular weight excluding hydrogens is 264 g/mol. The number of nitrogens with one attached hydrogen (secondary N) is 1. The van der Waals surface area contributed by atoms with Crippen LogP contribution >= 0.6 is 0 Å². The Labute approximate surface area is 112 Å². The molecule has 0 unspecified atom stereocenters. The van der Waals surface area contributed by atoms with Crippen LogP contribution in [0.5, 0.6) is 0 Å². The molecule has 0 spiro atoms. The molecule has 0 atom stereocenters. The maximum absolute atomic E-state index is 12.2. The van der Waals surface area contributed by atoms with Crippen molar-refractivity contribution >= 4 is 21.5 Å². The van der Waals surface area contributed by atoms with Crippen molar-refractivity contribution in [1.82, 2.24) is 9.78 Å². The number of sulfonamides is 1. The van der Waals surface area contributed by atoms with Crippen molar-refractivity contribution in [3.05, 3.63) is 36.0 Å². The Bertz CT molecular complexity index is 692. The maximum atomic E-state index is 12.2. The first-order valence-corrected chi connectivity index (χ1v) is 7.31. The molecule has 2 aromatic rings. The highest BCUT2D eigenvalue weighted by atomic mass is 32.2. The second kappa shape index (κ2) is 4.93. The van der Waals surface area contributed by atoms with Gasteiger partial charge in [0.2, 0.25) is 0 Å². The van der Waals surface area contributed by atoms with E-state index < -0.39 is 10.0 Å². The maximum Gasteiger partial charge on any atom is 0.263 e. The number of benzene rings is 1. The lowest BCUT2D eigenvalue weighted by Gasteiger charge is -2.10. The lowest BCUT2D eigenvalue weighted by molar-refractivity contribution is 0.600. The predicted molar refractivity (Wildman–Crippen MR) is 74.2 cm³/mol. The van der Waals surface area contributed by atoms with Gasteiger partial charge in [0.15, 0.2) is 0 Å². The second-order valence-corrected chi connectivity index (χ2v) is 5.84. The van der Waals surface area contributed by atoms with Crippen molar-refractivity contribution in [2.24, 2.45) is 7.05 Å². The minimum atomic E-state index is -3.64. The number of aromatic nitrogens is 2. The SMILES string of the molecule is CCc1ccc(S(=O)(=O)Nc2ccnn2C)cc1N. The normalized spacial score (nSPS) is 11.5. The Morgan fingerprint density at radius 1 is 1.37 bits per heavy atom. The molecule has 0 saturated heterocycles. The Hall–Kier alpha value is -2.02. The van der Waals surface area contributed by atoms with Gasteiger partial charge in [-0.1, -0.05) is 13.0 Å². The zero-order valence-electron chi connectivity index (χ0n) is 10.8. The van der Waals surface area contributed by atoms with Crippen LogP contribution in [0.25, 0.3) is 0 Å². The van der Waals surface area contributed by atoms with Crippen LogP contribution in [0, 0.1) is 0 Å². The number of rotatable bonds is 4. The van der Waals surface area contributed by atoms with Crippen molar-refractivity contribution in [3.8, 4) is 0 Å². The zero-order chi connectivity index (χ0) is 14.0. The van der Waals surface area contributed by atoms with Gasteiger partial charge in [0, 0.05) is 18.8 Å². The summed E-state index contributed by atoms with van der Waals surface area (Å²) >= 11 is 0. The number of hydrogen-bond donors (Lipinski definition) is 2. The monoisotopic (exact) mass is 280 g/mol. The van der Waals surface area contributed by atoms with Gasteiger partial charge in [0.05, 0.1) is 11.1 Å². The molecule has 0 fully saturated rings. The Morgan fingerprint density at radius 3 is 2.63 bits per heavy atom. The molecule has 7 heteroatoms. The third-order valence-electron chi connectivity index (χ3n) is 2.87. The summed E-state index contributed by atoms with van der Waals surface area (Å²) < 4.78 is 28.3. The number of aryl methyl sites for hydroxylation is 2. The number of hydrogen-bond acceptors (Lipinski definition) is 4. The summed E-state index contributed by atoms with van der Waals surface area (Å²) in [5.41, 5.74) is 7.23. The van der Waals surface area contributed by atoms with Crippen LogP contribution < -0.4 is 10.5 Å². The molecule has 2 rings (SSSR count). The van der Waals surface area contributed by atoms with Crippen LogP contribution in [0.1, 0.15) is 12.5 Å². The van der Waals surface area contributed by atoms with E-state index in [1.807, 2.05) is 6.92 Å². The molecule has 1 aromatic heterocycles. The predicted octanol–water partition coefficient (Wildman–Crippen LogP) is 1.37. The van der Waals surface area contributed by atoms with Crippen molar-refractivity contribution in [2.45, 2.75) is 18.2 Å². The molecule has 0 bridgehead atoms. The first-order chi connectivity index (χ1) is 8.94. The van der Waals surface area contributed by atoms with Gasteiger partial charge >= 0.3 is 0 Å². The van der Waals surface area contributed by atoms with Crippen molar-refractivity contribution in [1.29, 1.82) is 0 Å². The van der Waals surface area contributed by atoms with E-state index in [9.17, 15) is 8.42 Å². The summed E-state index contributed by atoms with van der Waals surface area (Å²) in [5, 5.41) is 3.90. The lowest BCUT2D eigenvalue weighted by Crippen LogP contribution is -2.15. The van der Waals surface area contributed by atoms with Crippen LogP contribution in [-0.4, -0.2) is 18.2 Å². The number of nitrogens with zero attached hydrogens (tertiary/aromatic N) is 2. The summed E-state index contributed by atoms with van der Waals surface area (Å²) in [6.45, 7) is 1.97. The van der Waals surface area contributed by atoms with Crippen molar-refractivity contribution in [2.75, 3.05) is 10.5 Å². The van der Waals surface area contributed by atoms with Gasteiger partial charge < -0.3 is 5.73 Å². The van der Waals surface area contributed by atoms with E-state index in [2.05, 4.69) is 9.82 Å². The van der Waals surface area contributed by atoms with E-state index in [4.69, 9.17) is 5.73 Å². The highest BCUT2D eigenvalue weighted by Crippen LogP contribution is 2.20. The van der Waals surface area contributed by atoms with Gasteiger partial charge in [-0.05, 0) is 24.1 Å². The molecular formula is C12H16N4O2S. The molecule has 1 aromatic carbocycles. The van der Waals surface area contributed by atoms with E-state index >= 15 is 0 Å². The number of nitrogen functional groups attached to an aromatic ring is 1. The standard InChI is InChI=1S/C12H16N4O2S/c1-3-9-4-5-10(8-11(9)13)19(17,18)15-12-6-7-14-16(12)2/h4-8,15H,3,13H2,1-2H3. The first-order valence-electron chi connectivity index (χ1n) is 5.83. The molecule has 102 valence electrons. The third-order valence-corrected chi connectivity index (χ3v) is 4.22. The Morgan fingerprint density at radius 2 is 2.11 bits per heavy atom. The molecule has 19 heavy (non-hydrogen) atoms. The van der Waals surface area contributed by atoms with Gasteiger partial charge in [-0.25, -0.2) is 8.42 Å². The van der Waals surface area contributed by atoms with Crippen LogP contribution in [0.3, 0.4) is 0 Å². The van der Waals surface area contributed by atoms with Gasteiger partial charge in [0.1, 0.15) is 5.82 Å². The quantitative estimate of drug-likeness (QED) is 0.828. The highest BCUT2D eigenvalue weighted by molar-refractivity contribution is 7.92. The van der Waals surface area contributed by atoms with Gasteiger partial charge in [-0.15, -0.1) is 0 Å². The summed E-state index contributed by atoms with van der Waals surface area (Å²) in [7, 11) is -1.98. The topological polar surface area (TPSA) is 90.0 Å². The van der Waals surface area contributed by atoms with Crippen LogP contribution in [0.4, 0.5) is 11.5 Å². The van der Waals surface area contributed by atoms with Crippen LogP contribution in [-0.2, 0) is 23.5 Å². The number of anilines is 2. The van der Waals surface area contributed by atoms with Gasteiger partial charge in [-0.2, -0.15) is 5.10 Å². The fraction of sp³-hybridized carbons (Fsp3) is 0.250. The Kier molecular flexibility index (Phi) is 3.48. The van der Waals surface area contributed by atoms with Crippen LogP contribution in [0.2, 0.25) is 0 Å². The van der Waals surface area contributed by atoms with Crippen LogP contribution in [0.15, 0.2) is 35.4 Å². The molecule has 1 heterocycles. The minimum Gasteiger partial charge on any atom is -0.398 e. The fourth-order valence-electron chi connectivity index (χ4n) is 1.73. The summed E-state index contributed by atoms with van der Waals surface area (Å²) in [5.74, 6) is 0.401. The molecule has 0 aliphatic heterocycles. The molecule has 0 saturated carbocycles. The van der Waals surface area contributed by atoms with E-state index in [0.29, 0.717) is 11.5 Å². The van der Waals surface area contributed by atoms with E-state index in [1.54, 1.807) is 25.2 Å². The first kappa shape index (κ1) is 13.4. The molecule has 0 radical (unpaired) electrons. The zero-order valence-corrected chi connectivity index (χ0v) is 11.6. The second-order valence-electron chi connectivity index (χ2n) is 4.16. The van der Waals surface area contributed by atoms with Gasteiger partial charge in [-0.3, -0.25) is 9.40 Å². The number of nitrogens with two attached hydrogens (primary N) is 1. The van der Waals surface area contributed by atoms with E-state index in [0.717, 1.165) is 12.0 Å². The van der Waals surface area contributed by atoms with Crippen molar-refractivity contribution in [3.63, 3.8) is 0 Å². The molecule has 0 amide bonds. The van der Waals surface area contributed by atoms with Gasteiger partial charge in [0.25, 0.3) is 10.0 Å². The third kappa shape index (κ3) is 2.70. The average Bonchev–Trinajstić information content (AvgIpc) is 2.74. The fourth-order valence-corrected chi connectivity index (χ4v) is 2.86. The van der Waals surface area contributed by atoms with E-state index in [1.165, 1.54) is 16.9 Å². The van der Waals surface area contributed by atoms with Crippen molar-refractivity contribution < 1.29 is 8.42 Å². The summed E-state index contributed by atoms with van der Waals surface area (Å²) in [6.07, 6.45) is 2.29. The minimum absolute atomic E-state index is 0.142. The van der Waals surface area contributed by atoms with E-state index in [-0.39, 0.29) is 4.90 Å². The highest BCUT2D eigenvalue weighted by Gasteiger charge is 2.16. The Balaban J connectivity index is 2.35. The molecule has 6 nitrogen and oxygen atoms in total. The largest absolute Gasteiger partial charge is 0.398 e. The molecule has 0 aliphatic carbocycles. The average molecular weight is 280 g/mol. The summed E-state index contributed by atoms with van der Waals surface area (Å²) in [4.78, 5) is 0.142. The summed E-state index contributed by atoms with van der Waals surface area (Å²) in [6, 6.07) is 6.33. The lowest BCUT2D eigenvalue weighted by atomic mass is 10.1. The smallest absolute Gasteiger partial charge is 0.263 e. The molecule has 0 aliphatic rings. The molecule has 3 N–H and O–H groups in total.